The fraction of sp³-hybridized carbons (Fsp3) is 0.333. The van der Waals surface area contributed by atoms with E-state index in [0.717, 1.165) is 18.5 Å². The Balaban J connectivity index is 1.98. The molecule has 20 heavy (non-hydrogen) atoms. The first kappa shape index (κ1) is 13.3. The lowest BCUT2D eigenvalue weighted by molar-refractivity contribution is 0.368. The number of hydrogen-bond acceptors (Lipinski definition) is 1. The molecule has 1 aliphatic rings. The molecule has 1 nitrogen and oxygen atoms in total. The van der Waals surface area contributed by atoms with E-state index in [1.807, 2.05) is 12.1 Å². The lowest BCUT2D eigenvalue weighted by Crippen LogP contribution is -2.19. The summed E-state index contributed by atoms with van der Waals surface area (Å²) in [6, 6.07) is 15.7. The number of rotatable bonds is 3. The summed E-state index contributed by atoms with van der Waals surface area (Å²) in [5.41, 5.74) is 3.89. The van der Waals surface area contributed by atoms with Gasteiger partial charge in [-0.1, -0.05) is 36.4 Å². The average Bonchev–Trinajstić information content (AvgIpc) is 2.77. The number of benzene rings is 2. The van der Waals surface area contributed by atoms with Crippen molar-refractivity contribution in [3.8, 4) is 0 Å². The highest BCUT2D eigenvalue weighted by Gasteiger charge is 2.31. The Kier molecular flexibility index (Phi) is 3.58. The van der Waals surface area contributed by atoms with Crippen molar-refractivity contribution in [1.82, 2.24) is 4.90 Å². The van der Waals surface area contributed by atoms with Crippen molar-refractivity contribution in [3.05, 3.63) is 71.0 Å². The van der Waals surface area contributed by atoms with Gasteiger partial charge in [-0.25, -0.2) is 4.39 Å². The van der Waals surface area contributed by atoms with Gasteiger partial charge in [-0.2, -0.15) is 0 Å². The van der Waals surface area contributed by atoms with Gasteiger partial charge in [-0.15, -0.1) is 0 Å². The van der Waals surface area contributed by atoms with E-state index >= 15 is 0 Å². The third-order valence-corrected chi connectivity index (χ3v) is 4.17. The van der Waals surface area contributed by atoms with Crippen LogP contribution in [0.15, 0.2) is 48.5 Å². The molecule has 104 valence electrons. The van der Waals surface area contributed by atoms with Crippen molar-refractivity contribution in [1.29, 1.82) is 0 Å². The highest BCUT2D eigenvalue weighted by molar-refractivity contribution is 5.45. The highest BCUT2D eigenvalue weighted by atomic mass is 19.1. The normalized spacial score (nSPS) is 21.2. The van der Waals surface area contributed by atoms with Crippen molar-refractivity contribution in [2.45, 2.75) is 18.3 Å². The van der Waals surface area contributed by atoms with Gasteiger partial charge in [0.2, 0.25) is 0 Å². The van der Waals surface area contributed by atoms with Crippen LogP contribution in [0.4, 0.5) is 4.39 Å². The maximum absolute atomic E-state index is 13.5. The van der Waals surface area contributed by atoms with Crippen LogP contribution in [-0.4, -0.2) is 25.5 Å². The van der Waals surface area contributed by atoms with Crippen molar-refractivity contribution >= 4 is 0 Å². The first-order valence-corrected chi connectivity index (χ1v) is 7.14. The second-order valence-electron chi connectivity index (χ2n) is 5.93. The van der Waals surface area contributed by atoms with Crippen LogP contribution in [0.3, 0.4) is 0 Å². The summed E-state index contributed by atoms with van der Waals surface area (Å²) in [4.78, 5) is 2.23. The van der Waals surface area contributed by atoms with Crippen LogP contribution < -0.4 is 0 Å². The summed E-state index contributed by atoms with van der Waals surface area (Å²) < 4.78 is 13.5. The van der Waals surface area contributed by atoms with Crippen LogP contribution in [0, 0.1) is 5.82 Å². The van der Waals surface area contributed by atoms with Crippen LogP contribution in [-0.2, 0) is 0 Å². The maximum Gasteiger partial charge on any atom is 0.123 e. The number of likely N-dealkylation sites (N-methyl/N-ethyl adjacent to an activating group) is 1. The summed E-state index contributed by atoms with van der Waals surface area (Å²) in [5, 5.41) is 0. The van der Waals surface area contributed by atoms with Gasteiger partial charge in [0.25, 0.3) is 0 Å². The molecular formula is C18H20FN. The molecule has 0 N–H and O–H groups in total. The van der Waals surface area contributed by atoms with Crippen molar-refractivity contribution in [3.63, 3.8) is 0 Å². The first-order chi connectivity index (χ1) is 9.65. The number of hydrogen-bond donors (Lipinski definition) is 0. The molecule has 1 aliphatic carbocycles. The molecule has 0 aromatic heterocycles. The van der Waals surface area contributed by atoms with Crippen molar-refractivity contribution in [2.24, 2.45) is 0 Å². The molecule has 0 unspecified atom stereocenters. The Hall–Kier alpha value is -1.67. The minimum atomic E-state index is -0.143. The molecule has 0 aliphatic heterocycles. The molecule has 0 radical (unpaired) electrons. The van der Waals surface area contributed by atoms with E-state index in [1.54, 1.807) is 6.07 Å². The van der Waals surface area contributed by atoms with Gasteiger partial charge in [-0.3, -0.25) is 0 Å². The summed E-state index contributed by atoms with van der Waals surface area (Å²) in [6.45, 7) is 1.04. The molecule has 2 aromatic carbocycles. The lowest BCUT2D eigenvalue weighted by atomic mass is 9.92. The minimum Gasteiger partial charge on any atom is -0.309 e. The molecule has 0 heterocycles. The fourth-order valence-electron chi connectivity index (χ4n) is 3.39. The molecular weight excluding hydrogens is 249 g/mol. The van der Waals surface area contributed by atoms with E-state index in [-0.39, 0.29) is 5.82 Å². The molecule has 0 amide bonds. The minimum absolute atomic E-state index is 0.143. The molecule has 2 aromatic rings. The molecule has 0 bridgehead atoms. The summed E-state index contributed by atoms with van der Waals surface area (Å²) >= 11 is 0. The standard InChI is InChI=1S/C18H20FN/c1-20(2)12-14-11-18(13-6-5-7-15(19)10-13)17-9-4-3-8-16(14)17/h3-10,14,18H,11-12H2,1-2H3/t14-,18-/m0/s1. The monoisotopic (exact) mass is 269 g/mol. The van der Waals surface area contributed by atoms with Gasteiger partial charge < -0.3 is 4.90 Å². The van der Waals surface area contributed by atoms with Crippen LogP contribution >= 0.6 is 0 Å². The van der Waals surface area contributed by atoms with Crippen molar-refractivity contribution in [2.75, 3.05) is 20.6 Å². The van der Waals surface area contributed by atoms with Crippen LogP contribution in [0.2, 0.25) is 0 Å². The van der Waals surface area contributed by atoms with E-state index in [1.165, 1.54) is 17.2 Å². The highest BCUT2D eigenvalue weighted by Crippen LogP contribution is 2.45. The third-order valence-electron chi connectivity index (χ3n) is 4.17. The third kappa shape index (κ3) is 2.48. The van der Waals surface area contributed by atoms with E-state index in [2.05, 4.69) is 43.3 Å². The molecule has 2 heteroatoms. The lowest BCUT2D eigenvalue weighted by Gasteiger charge is -2.17. The predicted octanol–water partition coefficient (Wildman–Crippen LogP) is 4.01. The second-order valence-corrected chi connectivity index (χ2v) is 5.93. The quantitative estimate of drug-likeness (QED) is 0.814. The Morgan fingerprint density at radius 3 is 2.50 bits per heavy atom. The Morgan fingerprint density at radius 2 is 1.80 bits per heavy atom. The van der Waals surface area contributed by atoms with Crippen LogP contribution in [0.1, 0.15) is 34.9 Å². The molecule has 0 saturated heterocycles. The van der Waals surface area contributed by atoms with Gasteiger partial charge >= 0.3 is 0 Å². The first-order valence-electron chi connectivity index (χ1n) is 7.14. The van der Waals surface area contributed by atoms with Crippen molar-refractivity contribution < 1.29 is 4.39 Å². The summed E-state index contributed by atoms with van der Waals surface area (Å²) in [5.74, 6) is 0.720. The summed E-state index contributed by atoms with van der Waals surface area (Å²) in [7, 11) is 4.22. The van der Waals surface area contributed by atoms with E-state index < -0.39 is 0 Å². The fourth-order valence-corrected chi connectivity index (χ4v) is 3.39. The molecule has 0 spiro atoms. The van der Waals surface area contributed by atoms with Gasteiger partial charge in [0.1, 0.15) is 5.82 Å². The van der Waals surface area contributed by atoms with Gasteiger partial charge in [-0.05, 0) is 55.3 Å². The number of fused-ring (bicyclic) bond motifs is 1. The van der Waals surface area contributed by atoms with Gasteiger partial charge in [0.15, 0.2) is 0 Å². The Morgan fingerprint density at radius 1 is 1.05 bits per heavy atom. The largest absolute Gasteiger partial charge is 0.309 e. The topological polar surface area (TPSA) is 3.24 Å². The summed E-state index contributed by atoms with van der Waals surface area (Å²) in [6.07, 6.45) is 1.07. The zero-order valence-corrected chi connectivity index (χ0v) is 12.0. The predicted molar refractivity (Wildman–Crippen MR) is 80.6 cm³/mol. The maximum atomic E-state index is 13.5. The van der Waals surface area contributed by atoms with Crippen LogP contribution in [0.25, 0.3) is 0 Å². The number of nitrogens with zero attached hydrogens (tertiary/aromatic N) is 1. The molecule has 3 rings (SSSR count). The molecule has 0 fully saturated rings. The zero-order valence-electron chi connectivity index (χ0n) is 12.0. The van der Waals surface area contributed by atoms with Gasteiger partial charge in [0, 0.05) is 12.5 Å². The van der Waals surface area contributed by atoms with Gasteiger partial charge in [0.05, 0.1) is 0 Å². The second kappa shape index (κ2) is 5.37. The van der Waals surface area contributed by atoms with E-state index in [9.17, 15) is 4.39 Å². The molecule has 2 atom stereocenters. The van der Waals surface area contributed by atoms with Crippen LogP contribution in [0.5, 0.6) is 0 Å². The average molecular weight is 269 g/mol. The zero-order chi connectivity index (χ0) is 14.1. The smallest absolute Gasteiger partial charge is 0.123 e. The number of halogens is 1. The Bertz CT molecular complexity index is 606. The van der Waals surface area contributed by atoms with E-state index in [4.69, 9.17) is 0 Å². The molecule has 0 saturated carbocycles. The van der Waals surface area contributed by atoms with E-state index in [0.29, 0.717) is 11.8 Å². The SMILES string of the molecule is CN(C)C[C@@H]1C[C@@H](c2cccc(F)c2)c2ccccc21. The Labute approximate surface area is 120 Å².